The molecule has 2 rings (SSSR count). The number of halogens is 2. The van der Waals surface area contributed by atoms with Gasteiger partial charge in [0.1, 0.15) is 0 Å². The summed E-state index contributed by atoms with van der Waals surface area (Å²) < 4.78 is 18.7. The molecule has 2 N–H and O–H groups in total. The monoisotopic (exact) mass is 352 g/mol. The number of benzene rings is 2. The van der Waals surface area contributed by atoms with Gasteiger partial charge >= 0.3 is 0 Å². The fourth-order valence-electron chi connectivity index (χ4n) is 2.07. The zero-order chi connectivity index (χ0) is 17.0. The summed E-state index contributed by atoms with van der Waals surface area (Å²) in [4.78, 5) is 0. The summed E-state index contributed by atoms with van der Waals surface area (Å²) >= 11 is 11.4. The first-order chi connectivity index (χ1) is 10.9. The Morgan fingerprint density at radius 3 is 2.61 bits per heavy atom. The van der Waals surface area contributed by atoms with Crippen molar-refractivity contribution < 1.29 is 9.13 Å². The Labute approximate surface area is 145 Å². The fraction of sp³-hybridized carbons (Fsp3) is 0.235. The Morgan fingerprint density at radius 2 is 2.00 bits per heavy atom. The van der Waals surface area contributed by atoms with Gasteiger partial charge in [-0.2, -0.15) is 0 Å². The van der Waals surface area contributed by atoms with Crippen molar-refractivity contribution >= 4 is 34.6 Å². The standard InChI is InChI=1S/C17H18ClFN2OS/c1-10-4-6-13(9-14(10)18)21-17(23)20-11(2)12-5-7-16(22-3)15(19)8-12/h4-9,11H,1-3H3,(H2,20,21,23)/t11-/m0/s1. The van der Waals surface area contributed by atoms with E-state index in [4.69, 9.17) is 28.6 Å². The first kappa shape index (κ1) is 17.5. The van der Waals surface area contributed by atoms with Gasteiger partial charge in [-0.1, -0.05) is 23.7 Å². The van der Waals surface area contributed by atoms with Crippen molar-refractivity contribution in [3.05, 3.63) is 58.4 Å². The van der Waals surface area contributed by atoms with Crippen LogP contribution in [0, 0.1) is 12.7 Å². The van der Waals surface area contributed by atoms with Crippen LogP contribution >= 0.6 is 23.8 Å². The normalized spacial score (nSPS) is 11.7. The van der Waals surface area contributed by atoms with E-state index in [1.165, 1.54) is 13.2 Å². The molecule has 0 aromatic heterocycles. The zero-order valence-electron chi connectivity index (χ0n) is 13.1. The molecule has 0 aliphatic carbocycles. The molecule has 0 aliphatic rings. The maximum atomic E-state index is 13.8. The van der Waals surface area contributed by atoms with E-state index in [1.54, 1.807) is 12.1 Å². The van der Waals surface area contributed by atoms with E-state index in [0.29, 0.717) is 10.1 Å². The van der Waals surface area contributed by atoms with Gasteiger partial charge in [0.2, 0.25) is 0 Å². The predicted molar refractivity (Wildman–Crippen MR) is 96.9 cm³/mol. The Bertz CT molecular complexity index is 724. The third kappa shape index (κ3) is 4.56. The largest absolute Gasteiger partial charge is 0.494 e. The first-order valence-electron chi connectivity index (χ1n) is 7.08. The highest BCUT2D eigenvalue weighted by Crippen LogP contribution is 2.22. The maximum absolute atomic E-state index is 13.8. The number of aryl methyl sites for hydroxylation is 1. The molecule has 0 radical (unpaired) electrons. The van der Waals surface area contributed by atoms with Crippen molar-refractivity contribution in [2.24, 2.45) is 0 Å². The first-order valence-corrected chi connectivity index (χ1v) is 7.86. The van der Waals surface area contributed by atoms with Crippen molar-refractivity contribution in [3.8, 4) is 5.75 Å². The van der Waals surface area contributed by atoms with Crippen LogP contribution in [0.4, 0.5) is 10.1 Å². The number of hydrogen-bond donors (Lipinski definition) is 2. The average molecular weight is 353 g/mol. The third-order valence-corrected chi connectivity index (χ3v) is 4.08. The fourth-order valence-corrected chi connectivity index (χ4v) is 2.54. The number of hydrogen-bond acceptors (Lipinski definition) is 2. The molecule has 3 nitrogen and oxygen atoms in total. The molecule has 2 aromatic rings. The number of ether oxygens (including phenoxy) is 1. The molecule has 0 amide bonds. The molecule has 6 heteroatoms. The molecular formula is C17H18ClFN2OS. The quantitative estimate of drug-likeness (QED) is 0.771. The Hall–Kier alpha value is -1.85. The molecule has 0 saturated carbocycles. The zero-order valence-corrected chi connectivity index (χ0v) is 14.7. The van der Waals surface area contributed by atoms with Gasteiger partial charge in [-0.15, -0.1) is 0 Å². The van der Waals surface area contributed by atoms with E-state index < -0.39 is 5.82 Å². The van der Waals surface area contributed by atoms with Crippen LogP contribution in [0.25, 0.3) is 0 Å². The number of anilines is 1. The lowest BCUT2D eigenvalue weighted by Crippen LogP contribution is -2.30. The van der Waals surface area contributed by atoms with E-state index in [2.05, 4.69) is 10.6 Å². The Balaban J connectivity index is 2.01. The molecule has 0 bridgehead atoms. The van der Waals surface area contributed by atoms with Crippen LogP contribution in [0.5, 0.6) is 5.75 Å². The molecule has 1 atom stereocenters. The summed E-state index contributed by atoms with van der Waals surface area (Å²) in [5, 5.41) is 7.29. The van der Waals surface area contributed by atoms with Crippen molar-refractivity contribution in [2.75, 3.05) is 12.4 Å². The highest BCUT2D eigenvalue weighted by atomic mass is 35.5. The van der Waals surface area contributed by atoms with E-state index >= 15 is 0 Å². The van der Waals surface area contributed by atoms with E-state index in [1.807, 2.05) is 32.0 Å². The van der Waals surface area contributed by atoms with E-state index in [9.17, 15) is 4.39 Å². The second kappa shape index (κ2) is 7.62. The van der Waals surface area contributed by atoms with Gasteiger partial charge in [-0.3, -0.25) is 0 Å². The highest BCUT2D eigenvalue weighted by molar-refractivity contribution is 7.80. The molecule has 0 heterocycles. The van der Waals surface area contributed by atoms with Crippen LogP contribution < -0.4 is 15.4 Å². The van der Waals surface area contributed by atoms with Gasteiger partial charge in [0.15, 0.2) is 16.7 Å². The third-order valence-electron chi connectivity index (χ3n) is 3.45. The molecule has 0 aliphatic heterocycles. The van der Waals surface area contributed by atoms with Gasteiger partial charge in [0, 0.05) is 10.7 Å². The summed E-state index contributed by atoms with van der Waals surface area (Å²) in [6, 6.07) is 10.3. The molecule has 0 saturated heterocycles. The molecule has 23 heavy (non-hydrogen) atoms. The Morgan fingerprint density at radius 1 is 1.26 bits per heavy atom. The second-order valence-electron chi connectivity index (χ2n) is 5.18. The lowest BCUT2D eigenvalue weighted by molar-refractivity contribution is 0.386. The van der Waals surface area contributed by atoms with Crippen molar-refractivity contribution in [1.29, 1.82) is 0 Å². The lowest BCUT2D eigenvalue weighted by atomic mass is 10.1. The van der Waals surface area contributed by atoms with E-state index in [-0.39, 0.29) is 11.8 Å². The smallest absolute Gasteiger partial charge is 0.171 e. The second-order valence-corrected chi connectivity index (χ2v) is 5.99. The summed E-state index contributed by atoms with van der Waals surface area (Å²) in [5.41, 5.74) is 2.57. The van der Waals surface area contributed by atoms with Crippen LogP contribution in [0.1, 0.15) is 24.1 Å². The maximum Gasteiger partial charge on any atom is 0.171 e. The van der Waals surface area contributed by atoms with E-state index in [0.717, 1.165) is 16.8 Å². The predicted octanol–water partition coefficient (Wildman–Crippen LogP) is 4.84. The SMILES string of the molecule is COc1ccc([C@H](C)NC(=S)Nc2ccc(C)c(Cl)c2)cc1F. The van der Waals surface area contributed by atoms with Crippen LogP contribution in [0.3, 0.4) is 0 Å². The number of rotatable bonds is 4. The van der Waals surface area contributed by atoms with Gasteiger partial charge in [-0.05, 0) is 61.5 Å². The minimum absolute atomic E-state index is 0.156. The molecule has 0 fully saturated rings. The number of nitrogens with one attached hydrogen (secondary N) is 2. The lowest BCUT2D eigenvalue weighted by Gasteiger charge is -2.18. The molecule has 0 spiro atoms. The van der Waals surface area contributed by atoms with Gasteiger partial charge in [-0.25, -0.2) is 4.39 Å². The van der Waals surface area contributed by atoms with Crippen LogP contribution in [-0.2, 0) is 0 Å². The minimum atomic E-state index is -0.400. The Kier molecular flexibility index (Phi) is 5.80. The van der Waals surface area contributed by atoms with Gasteiger partial charge in [0.25, 0.3) is 0 Å². The summed E-state index contributed by atoms with van der Waals surface area (Å²) in [6.07, 6.45) is 0. The number of methoxy groups -OCH3 is 1. The topological polar surface area (TPSA) is 33.3 Å². The minimum Gasteiger partial charge on any atom is -0.494 e. The molecule has 2 aromatic carbocycles. The van der Waals surface area contributed by atoms with Crippen LogP contribution in [0.15, 0.2) is 36.4 Å². The van der Waals surface area contributed by atoms with Crippen molar-refractivity contribution in [2.45, 2.75) is 19.9 Å². The van der Waals surface area contributed by atoms with Crippen molar-refractivity contribution in [3.63, 3.8) is 0 Å². The summed E-state index contributed by atoms with van der Waals surface area (Å²) in [5.74, 6) is -0.182. The summed E-state index contributed by atoms with van der Waals surface area (Å²) in [6.45, 7) is 3.83. The van der Waals surface area contributed by atoms with Crippen LogP contribution in [-0.4, -0.2) is 12.2 Å². The van der Waals surface area contributed by atoms with Gasteiger partial charge in [0.05, 0.1) is 13.2 Å². The number of thiocarbonyl (C=S) groups is 1. The highest BCUT2D eigenvalue weighted by Gasteiger charge is 2.11. The van der Waals surface area contributed by atoms with Crippen LogP contribution in [0.2, 0.25) is 5.02 Å². The molecule has 122 valence electrons. The average Bonchev–Trinajstić information content (AvgIpc) is 2.50. The molecule has 0 unspecified atom stereocenters. The summed E-state index contributed by atoms with van der Waals surface area (Å²) in [7, 11) is 1.44. The van der Waals surface area contributed by atoms with Crippen molar-refractivity contribution in [1.82, 2.24) is 5.32 Å². The molecular weight excluding hydrogens is 335 g/mol. The van der Waals surface area contributed by atoms with Gasteiger partial charge < -0.3 is 15.4 Å².